The number of anilines is 1. The number of amides is 1. The Morgan fingerprint density at radius 1 is 1.35 bits per heavy atom. The number of thioether (sulfide) groups is 1. The summed E-state index contributed by atoms with van der Waals surface area (Å²) in [5, 5.41) is 12.0. The van der Waals surface area contributed by atoms with Crippen molar-refractivity contribution in [2.24, 2.45) is 0 Å². The molecule has 0 spiro atoms. The van der Waals surface area contributed by atoms with E-state index in [-0.39, 0.29) is 5.91 Å². The quantitative estimate of drug-likeness (QED) is 0.789. The van der Waals surface area contributed by atoms with Crippen LogP contribution in [-0.2, 0) is 4.79 Å². The predicted molar refractivity (Wildman–Crippen MR) is 90.0 cm³/mol. The molecule has 0 unspecified atom stereocenters. The van der Waals surface area contributed by atoms with Gasteiger partial charge in [-0.25, -0.2) is 0 Å². The lowest BCUT2D eigenvalue weighted by atomic mass is 10.3. The summed E-state index contributed by atoms with van der Waals surface area (Å²) in [6, 6.07) is 7.88. The second kappa shape index (κ2) is 7.04. The zero-order valence-electron chi connectivity index (χ0n) is 13.3. The predicted octanol–water partition coefficient (Wildman–Crippen LogP) is 3.05. The minimum absolute atomic E-state index is 0.0536. The Bertz CT molecular complexity index is 680. The second-order valence-corrected chi connectivity index (χ2v) is 6.37. The molecule has 0 radical (unpaired) electrons. The van der Waals surface area contributed by atoms with Crippen molar-refractivity contribution in [3.8, 4) is 5.75 Å². The largest absolute Gasteiger partial charge is 0.494 e. The number of carbonyl (C=O) groups excluding carboxylic acids is 1. The lowest BCUT2D eigenvalue weighted by Gasteiger charge is -2.08. The summed E-state index contributed by atoms with van der Waals surface area (Å²) >= 11 is 1.43. The molecule has 1 saturated carbocycles. The van der Waals surface area contributed by atoms with Crippen LogP contribution in [-0.4, -0.2) is 33.0 Å². The van der Waals surface area contributed by atoms with Crippen molar-refractivity contribution in [2.45, 2.75) is 37.9 Å². The molecule has 1 aromatic carbocycles. The lowest BCUT2D eigenvalue weighted by Crippen LogP contribution is -2.14. The first-order valence-corrected chi connectivity index (χ1v) is 8.73. The van der Waals surface area contributed by atoms with E-state index in [0.29, 0.717) is 18.4 Å². The number of hydrogen-bond acceptors (Lipinski definition) is 5. The maximum absolute atomic E-state index is 12.1. The van der Waals surface area contributed by atoms with Crippen LogP contribution in [0.1, 0.15) is 31.6 Å². The molecule has 1 N–H and O–H groups in total. The monoisotopic (exact) mass is 332 g/mol. The van der Waals surface area contributed by atoms with E-state index in [2.05, 4.69) is 20.1 Å². The maximum atomic E-state index is 12.1. The van der Waals surface area contributed by atoms with Gasteiger partial charge in [0.15, 0.2) is 5.16 Å². The summed E-state index contributed by atoms with van der Waals surface area (Å²) in [7, 11) is 0. The molecule has 0 aliphatic heterocycles. The summed E-state index contributed by atoms with van der Waals surface area (Å²) in [6.07, 6.45) is 2.34. The Hall–Kier alpha value is -2.02. The molecular formula is C16H20N4O2S. The number of rotatable bonds is 7. The minimum atomic E-state index is -0.0536. The number of ether oxygens (including phenoxy) is 1. The van der Waals surface area contributed by atoms with E-state index in [1.807, 2.05) is 38.1 Å². The number of aryl methyl sites for hydroxylation is 1. The van der Waals surface area contributed by atoms with Crippen molar-refractivity contribution in [3.05, 3.63) is 30.1 Å². The summed E-state index contributed by atoms with van der Waals surface area (Å²) in [5.74, 6) is 1.98. The van der Waals surface area contributed by atoms with Crippen LogP contribution in [0, 0.1) is 6.92 Å². The molecule has 122 valence electrons. The fourth-order valence-electron chi connectivity index (χ4n) is 2.33. The van der Waals surface area contributed by atoms with Gasteiger partial charge in [0.05, 0.1) is 12.4 Å². The van der Waals surface area contributed by atoms with E-state index in [4.69, 9.17) is 4.74 Å². The van der Waals surface area contributed by atoms with Gasteiger partial charge in [-0.2, -0.15) is 0 Å². The van der Waals surface area contributed by atoms with Gasteiger partial charge in [-0.15, -0.1) is 10.2 Å². The van der Waals surface area contributed by atoms with Crippen LogP contribution in [0.15, 0.2) is 29.4 Å². The van der Waals surface area contributed by atoms with Crippen LogP contribution in [0.4, 0.5) is 5.69 Å². The number of hydrogen-bond donors (Lipinski definition) is 1. The van der Waals surface area contributed by atoms with Crippen molar-refractivity contribution in [2.75, 3.05) is 17.7 Å². The van der Waals surface area contributed by atoms with Gasteiger partial charge in [0.2, 0.25) is 5.91 Å². The molecule has 3 rings (SSSR count). The van der Waals surface area contributed by atoms with Gasteiger partial charge in [0, 0.05) is 11.7 Å². The second-order valence-electron chi connectivity index (χ2n) is 5.43. The molecule has 1 amide bonds. The molecule has 1 fully saturated rings. The van der Waals surface area contributed by atoms with Crippen LogP contribution in [0.3, 0.4) is 0 Å². The van der Waals surface area contributed by atoms with Crippen LogP contribution >= 0.6 is 11.8 Å². The molecule has 1 aliphatic rings. The summed E-state index contributed by atoms with van der Waals surface area (Å²) < 4.78 is 7.51. The SMILES string of the molecule is CCOc1ccc(NC(=O)CSc2nnc(C)n2C2CC2)cc1. The average Bonchev–Trinajstić information content (AvgIpc) is 3.31. The smallest absolute Gasteiger partial charge is 0.234 e. The highest BCUT2D eigenvalue weighted by atomic mass is 32.2. The van der Waals surface area contributed by atoms with E-state index >= 15 is 0 Å². The van der Waals surface area contributed by atoms with E-state index in [1.54, 1.807) is 0 Å². The zero-order chi connectivity index (χ0) is 16.2. The van der Waals surface area contributed by atoms with Crippen LogP contribution < -0.4 is 10.1 Å². The van der Waals surface area contributed by atoms with Crippen LogP contribution in [0.25, 0.3) is 0 Å². The third-order valence-electron chi connectivity index (χ3n) is 3.53. The number of benzene rings is 1. The first-order valence-electron chi connectivity index (χ1n) is 7.74. The van der Waals surface area contributed by atoms with Crippen molar-refractivity contribution in [3.63, 3.8) is 0 Å². The van der Waals surface area contributed by atoms with Gasteiger partial charge in [0.1, 0.15) is 11.6 Å². The van der Waals surface area contributed by atoms with Gasteiger partial charge in [-0.05, 0) is 51.0 Å². The van der Waals surface area contributed by atoms with Crippen molar-refractivity contribution >= 4 is 23.4 Å². The summed E-state index contributed by atoms with van der Waals surface area (Å²) in [5.41, 5.74) is 0.763. The highest BCUT2D eigenvalue weighted by Gasteiger charge is 2.28. The Morgan fingerprint density at radius 3 is 2.74 bits per heavy atom. The third kappa shape index (κ3) is 4.04. The Balaban J connectivity index is 1.53. The molecule has 1 aliphatic carbocycles. The van der Waals surface area contributed by atoms with Crippen molar-refractivity contribution in [1.29, 1.82) is 0 Å². The van der Waals surface area contributed by atoms with Gasteiger partial charge in [-0.1, -0.05) is 11.8 Å². The average molecular weight is 332 g/mol. The molecule has 7 heteroatoms. The molecule has 0 saturated heterocycles. The topological polar surface area (TPSA) is 69.0 Å². The highest BCUT2D eigenvalue weighted by Crippen LogP contribution is 2.38. The molecule has 0 atom stereocenters. The zero-order valence-corrected chi connectivity index (χ0v) is 14.1. The van der Waals surface area contributed by atoms with Crippen LogP contribution in [0.5, 0.6) is 5.75 Å². The minimum Gasteiger partial charge on any atom is -0.494 e. The molecule has 6 nitrogen and oxygen atoms in total. The molecule has 23 heavy (non-hydrogen) atoms. The van der Waals surface area contributed by atoms with Crippen molar-refractivity contribution < 1.29 is 9.53 Å². The van der Waals surface area contributed by atoms with Gasteiger partial charge < -0.3 is 14.6 Å². The third-order valence-corrected chi connectivity index (χ3v) is 4.47. The molecule has 0 bridgehead atoms. The number of aromatic nitrogens is 3. The standard InChI is InChI=1S/C16H20N4O2S/c1-3-22-14-8-4-12(5-9-14)17-15(21)10-23-16-19-18-11(2)20(16)13-6-7-13/h4-5,8-9,13H,3,6-7,10H2,1-2H3,(H,17,21). The molecule has 1 heterocycles. The van der Waals surface area contributed by atoms with E-state index < -0.39 is 0 Å². The summed E-state index contributed by atoms with van der Waals surface area (Å²) in [4.78, 5) is 12.1. The van der Waals surface area contributed by atoms with Crippen molar-refractivity contribution in [1.82, 2.24) is 14.8 Å². The normalized spacial score (nSPS) is 13.8. The number of nitrogens with one attached hydrogen (secondary N) is 1. The lowest BCUT2D eigenvalue weighted by molar-refractivity contribution is -0.113. The number of nitrogens with zero attached hydrogens (tertiary/aromatic N) is 3. The number of carbonyl (C=O) groups is 1. The molecule has 1 aromatic heterocycles. The highest BCUT2D eigenvalue weighted by molar-refractivity contribution is 7.99. The van der Waals surface area contributed by atoms with Crippen LogP contribution in [0.2, 0.25) is 0 Å². The van der Waals surface area contributed by atoms with E-state index in [1.165, 1.54) is 24.6 Å². The Labute approximate surface area is 139 Å². The fraction of sp³-hybridized carbons (Fsp3) is 0.438. The van der Waals surface area contributed by atoms with Gasteiger partial charge >= 0.3 is 0 Å². The summed E-state index contributed by atoms with van der Waals surface area (Å²) in [6.45, 7) is 4.52. The maximum Gasteiger partial charge on any atom is 0.234 e. The van der Waals surface area contributed by atoms with E-state index in [0.717, 1.165) is 22.4 Å². The molecular weight excluding hydrogens is 312 g/mol. The fourth-order valence-corrected chi connectivity index (χ4v) is 3.18. The molecule has 2 aromatic rings. The van der Waals surface area contributed by atoms with Gasteiger partial charge in [-0.3, -0.25) is 4.79 Å². The van der Waals surface area contributed by atoms with E-state index in [9.17, 15) is 4.79 Å². The van der Waals surface area contributed by atoms with Gasteiger partial charge in [0.25, 0.3) is 0 Å². The Kier molecular flexibility index (Phi) is 4.85. The first kappa shape index (κ1) is 15.9. The first-order chi connectivity index (χ1) is 11.2. The Morgan fingerprint density at radius 2 is 2.09 bits per heavy atom.